The standard InChI is InChI=1S/C20H18F5NO3/c21-14-8-15(22)10-16(9-14)29-18-4-5-26(11-17(18)27)19(28)7-12-2-1-3-13(6-12)20(23,24)25/h1-3,6,8-10,17-18,27H,4-5,7,11H2/t17-,18-/m1/s1. The number of carbonyl (C=O) groups excluding carboxylic acids is 1. The first-order chi connectivity index (χ1) is 13.6. The van der Waals surface area contributed by atoms with E-state index in [1.807, 2.05) is 0 Å². The van der Waals surface area contributed by atoms with Crippen molar-refractivity contribution in [1.29, 1.82) is 0 Å². The molecule has 9 heteroatoms. The number of rotatable bonds is 4. The summed E-state index contributed by atoms with van der Waals surface area (Å²) in [6, 6.07) is 7.18. The molecule has 3 rings (SSSR count). The van der Waals surface area contributed by atoms with Gasteiger partial charge in [-0.15, -0.1) is 0 Å². The Morgan fingerprint density at radius 3 is 2.45 bits per heavy atom. The number of alkyl halides is 3. The fourth-order valence-corrected chi connectivity index (χ4v) is 3.19. The number of amides is 1. The van der Waals surface area contributed by atoms with Crippen molar-refractivity contribution in [2.45, 2.75) is 31.2 Å². The van der Waals surface area contributed by atoms with Gasteiger partial charge in [-0.1, -0.05) is 18.2 Å². The number of piperidine rings is 1. The topological polar surface area (TPSA) is 49.8 Å². The first kappa shape index (κ1) is 21.0. The molecule has 0 aromatic heterocycles. The smallest absolute Gasteiger partial charge is 0.416 e. The molecule has 29 heavy (non-hydrogen) atoms. The van der Waals surface area contributed by atoms with Crippen molar-refractivity contribution in [1.82, 2.24) is 4.90 Å². The lowest BCUT2D eigenvalue weighted by Crippen LogP contribution is -2.51. The van der Waals surface area contributed by atoms with Crippen LogP contribution in [-0.2, 0) is 17.4 Å². The highest BCUT2D eigenvalue weighted by atomic mass is 19.4. The van der Waals surface area contributed by atoms with Gasteiger partial charge in [-0.3, -0.25) is 4.79 Å². The van der Waals surface area contributed by atoms with Crippen LogP contribution < -0.4 is 4.74 Å². The van der Waals surface area contributed by atoms with Crippen LogP contribution in [0.5, 0.6) is 5.75 Å². The van der Waals surface area contributed by atoms with E-state index >= 15 is 0 Å². The van der Waals surface area contributed by atoms with E-state index in [1.54, 1.807) is 0 Å². The average molecular weight is 415 g/mol. The van der Waals surface area contributed by atoms with E-state index < -0.39 is 41.5 Å². The highest BCUT2D eigenvalue weighted by molar-refractivity contribution is 5.79. The Hall–Kier alpha value is -2.68. The van der Waals surface area contributed by atoms with Crippen LogP contribution in [0.4, 0.5) is 22.0 Å². The molecular weight excluding hydrogens is 397 g/mol. The van der Waals surface area contributed by atoms with Crippen molar-refractivity contribution in [2.75, 3.05) is 13.1 Å². The molecule has 0 radical (unpaired) electrons. The van der Waals surface area contributed by atoms with Crippen LogP contribution in [0.1, 0.15) is 17.5 Å². The fraction of sp³-hybridized carbons (Fsp3) is 0.350. The van der Waals surface area contributed by atoms with Gasteiger partial charge in [0.2, 0.25) is 5.91 Å². The summed E-state index contributed by atoms with van der Waals surface area (Å²) < 4.78 is 70.3. The van der Waals surface area contributed by atoms with Crippen LogP contribution in [0.3, 0.4) is 0 Å². The zero-order chi connectivity index (χ0) is 21.2. The van der Waals surface area contributed by atoms with Gasteiger partial charge in [0, 0.05) is 31.2 Å². The van der Waals surface area contributed by atoms with Crippen molar-refractivity contribution in [3.63, 3.8) is 0 Å². The maximum atomic E-state index is 13.3. The van der Waals surface area contributed by atoms with Crippen molar-refractivity contribution < 1.29 is 36.6 Å². The lowest BCUT2D eigenvalue weighted by atomic mass is 10.0. The highest BCUT2D eigenvalue weighted by Crippen LogP contribution is 2.30. The molecule has 0 bridgehead atoms. The molecular formula is C20H18F5NO3. The molecule has 1 heterocycles. The first-order valence-corrected chi connectivity index (χ1v) is 8.86. The number of hydrogen-bond acceptors (Lipinski definition) is 3. The van der Waals surface area contributed by atoms with E-state index in [0.29, 0.717) is 6.07 Å². The third-order valence-corrected chi connectivity index (χ3v) is 4.61. The zero-order valence-corrected chi connectivity index (χ0v) is 15.1. The van der Waals surface area contributed by atoms with Gasteiger partial charge >= 0.3 is 6.18 Å². The highest BCUT2D eigenvalue weighted by Gasteiger charge is 2.33. The zero-order valence-electron chi connectivity index (χ0n) is 15.1. The molecule has 1 amide bonds. The van der Waals surface area contributed by atoms with Crippen LogP contribution in [0.25, 0.3) is 0 Å². The number of aliphatic hydroxyl groups is 1. The quantitative estimate of drug-likeness (QED) is 0.777. The molecule has 2 aromatic carbocycles. The average Bonchev–Trinajstić information content (AvgIpc) is 2.62. The molecule has 0 saturated carbocycles. The van der Waals surface area contributed by atoms with Crippen LogP contribution in [0.2, 0.25) is 0 Å². The van der Waals surface area contributed by atoms with Gasteiger partial charge in [0.25, 0.3) is 0 Å². The number of benzene rings is 2. The third kappa shape index (κ3) is 5.44. The molecule has 156 valence electrons. The van der Waals surface area contributed by atoms with E-state index in [0.717, 1.165) is 24.3 Å². The number of likely N-dealkylation sites (tertiary alicyclic amines) is 1. The first-order valence-electron chi connectivity index (χ1n) is 8.86. The normalized spacial score (nSPS) is 19.9. The largest absolute Gasteiger partial charge is 0.487 e. The van der Waals surface area contributed by atoms with Crippen LogP contribution in [0.15, 0.2) is 42.5 Å². The minimum absolute atomic E-state index is 0.0738. The Kier molecular flexibility index (Phi) is 6.07. The van der Waals surface area contributed by atoms with Crippen molar-refractivity contribution in [3.05, 3.63) is 65.2 Å². The van der Waals surface area contributed by atoms with Crippen molar-refractivity contribution in [2.24, 2.45) is 0 Å². The number of ether oxygens (including phenoxy) is 1. The summed E-state index contributed by atoms with van der Waals surface area (Å²) in [5.41, 5.74) is -0.620. The van der Waals surface area contributed by atoms with E-state index in [2.05, 4.69) is 0 Å². The molecule has 2 aromatic rings. The Balaban J connectivity index is 1.59. The maximum absolute atomic E-state index is 13.3. The second kappa shape index (κ2) is 8.36. The van der Waals surface area contributed by atoms with E-state index in [1.165, 1.54) is 17.0 Å². The Bertz CT molecular complexity index is 866. The fourth-order valence-electron chi connectivity index (χ4n) is 3.19. The number of hydrogen-bond donors (Lipinski definition) is 1. The minimum atomic E-state index is -4.50. The number of aliphatic hydroxyl groups excluding tert-OH is 1. The molecule has 0 unspecified atom stereocenters. The molecule has 1 fully saturated rings. The van der Waals surface area contributed by atoms with Crippen LogP contribution in [0, 0.1) is 11.6 Å². The van der Waals surface area contributed by atoms with Gasteiger partial charge in [-0.2, -0.15) is 13.2 Å². The SMILES string of the molecule is O=C(Cc1cccc(C(F)(F)F)c1)N1CC[C@@H](Oc2cc(F)cc(F)c2)[C@H](O)C1. The second-order valence-corrected chi connectivity index (χ2v) is 6.83. The number of nitrogens with zero attached hydrogens (tertiary/aromatic N) is 1. The van der Waals surface area contributed by atoms with Crippen LogP contribution in [-0.4, -0.2) is 41.2 Å². The number of β-amino-alcohol motifs (C(OH)–C–C–N with tert-alkyl or cyclic N) is 1. The lowest BCUT2D eigenvalue weighted by molar-refractivity contribution is -0.138. The summed E-state index contributed by atoms with van der Waals surface area (Å²) in [4.78, 5) is 13.8. The third-order valence-electron chi connectivity index (χ3n) is 4.61. The summed E-state index contributed by atoms with van der Waals surface area (Å²) in [5.74, 6) is -2.14. The van der Waals surface area contributed by atoms with Gasteiger partial charge in [-0.25, -0.2) is 8.78 Å². The molecule has 4 nitrogen and oxygen atoms in total. The Morgan fingerprint density at radius 1 is 1.14 bits per heavy atom. The van der Waals surface area contributed by atoms with E-state index in [-0.39, 0.29) is 37.2 Å². The predicted octanol–water partition coefficient (Wildman–Crippen LogP) is 3.57. The predicted molar refractivity (Wildman–Crippen MR) is 93.1 cm³/mol. The van der Waals surface area contributed by atoms with Gasteiger partial charge in [-0.05, 0) is 11.6 Å². The molecule has 1 aliphatic rings. The molecule has 2 atom stereocenters. The molecule has 0 aliphatic carbocycles. The summed E-state index contributed by atoms with van der Waals surface area (Å²) in [6.45, 7) is 0.0948. The maximum Gasteiger partial charge on any atom is 0.416 e. The van der Waals surface area contributed by atoms with Gasteiger partial charge < -0.3 is 14.7 Å². The Morgan fingerprint density at radius 2 is 1.83 bits per heavy atom. The minimum Gasteiger partial charge on any atom is -0.487 e. The van der Waals surface area contributed by atoms with Crippen molar-refractivity contribution >= 4 is 5.91 Å². The van der Waals surface area contributed by atoms with E-state index in [4.69, 9.17) is 4.74 Å². The van der Waals surface area contributed by atoms with Gasteiger partial charge in [0.1, 0.15) is 29.6 Å². The van der Waals surface area contributed by atoms with Crippen LogP contribution >= 0.6 is 0 Å². The molecule has 0 spiro atoms. The summed E-state index contributed by atoms with van der Waals surface area (Å²) in [7, 11) is 0. The summed E-state index contributed by atoms with van der Waals surface area (Å²) >= 11 is 0. The monoisotopic (exact) mass is 415 g/mol. The summed E-state index contributed by atoms with van der Waals surface area (Å²) in [6.07, 6.45) is -6.42. The number of halogens is 5. The lowest BCUT2D eigenvalue weighted by Gasteiger charge is -2.36. The van der Waals surface area contributed by atoms with E-state index in [9.17, 15) is 31.9 Å². The second-order valence-electron chi connectivity index (χ2n) is 6.83. The molecule has 1 N–H and O–H groups in total. The van der Waals surface area contributed by atoms with Gasteiger partial charge in [0.15, 0.2) is 0 Å². The van der Waals surface area contributed by atoms with Gasteiger partial charge in [0.05, 0.1) is 18.5 Å². The Labute approximate surface area is 163 Å². The number of carbonyl (C=O) groups is 1. The molecule has 1 aliphatic heterocycles. The summed E-state index contributed by atoms with van der Waals surface area (Å²) in [5, 5.41) is 10.2. The van der Waals surface area contributed by atoms with Crippen molar-refractivity contribution in [3.8, 4) is 5.75 Å². The molecule has 1 saturated heterocycles.